The van der Waals surface area contributed by atoms with Crippen molar-refractivity contribution < 1.29 is 34.0 Å². The summed E-state index contributed by atoms with van der Waals surface area (Å²) in [5.74, 6) is 0.788. The molecule has 2 atom stereocenters. The lowest BCUT2D eigenvalue weighted by Crippen LogP contribution is -2.17. The van der Waals surface area contributed by atoms with E-state index in [0.29, 0.717) is 17.2 Å². The predicted octanol–water partition coefficient (Wildman–Crippen LogP) is 3.20. The first-order valence-electron chi connectivity index (χ1n) is 9.14. The van der Waals surface area contributed by atoms with Crippen LogP contribution < -0.4 is 14.2 Å². The van der Waals surface area contributed by atoms with Crippen LogP contribution in [0.25, 0.3) is 6.08 Å². The highest BCUT2D eigenvalue weighted by atomic mass is 16.5. The Morgan fingerprint density at radius 1 is 1.17 bits per heavy atom. The lowest BCUT2D eigenvalue weighted by atomic mass is 9.90. The van der Waals surface area contributed by atoms with Crippen molar-refractivity contribution in [1.82, 2.24) is 0 Å². The van der Waals surface area contributed by atoms with Gasteiger partial charge in [0.1, 0.15) is 12.7 Å². The van der Waals surface area contributed by atoms with Gasteiger partial charge in [-0.1, -0.05) is 18.2 Å². The monoisotopic (exact) mass is 400 g/mol. The Morgan fingerprint density at radius 3 is 2.59 bits per heavy atom. The molecule has 0 aromatic heterocycles. The van der Waals surface area contributed by atoms with Gasteiger partial charge in [0.25, 0.3) is 0 Å². The average Bonchev–Trinajstić information content (AvgIpc) is 3.08. The number of aliphatic hydroxyl groups is 1. The summed E-state index contributed by atoms with van der Waals surface area (Å²) in [5, 5.41) is 19.0. The second-order valence-corrected chi connectivity index (χ2v) is 6.61. The predicted molar refractivity (Wildman–Crippen MR) is 107 cm³/mol. The summed E-state index contributed by atoms with van der Waals surface area (Å²) in [5.41, 5.74) is 2.43. The number of ether oxygens (including phenoxy) is 4. The molecule has 154 valence electrons. The molecule has 0 amide bonds. The van der Waals surface area contributed by atoms with Crippen molar-refractivity contribution in [2.45, 2.75) is 18.9 Å². The Morgan fingerprint density at radius 2 is 1.93 bits per heavy atom. The summed E-state index contributed by atoms with van der Waals surface area (Å²) in [7, 11) is 3.03. The Bertz CT molecular complexity index is 920. The molecule has 1 aliphatic rings. The van der Waals surface area contributed by atoms with Crippen molar-refractivity contribution in [3.63, 3.8) is 0 Å². The van der Waals surface area contributed by atoms with E-state index in [1.165, 1.54) is 20.1 Å². The molecule has 2 aromatic carbocycles. The molecule has 0 aliphatic carbocycles. The van der Waals surface area contributed by atoms with Gasteiger partial charge < -0.3 is 29.2 Å². The van der Waals surface area contributed by atoms with Gasteiger partial charge in [-0.2, -0.15) is 0 Å². The number of phenols is 1. The molecule has 0 saturated heterocycles. The molecule has 7 heteroatoms. The number of aliphatic hydroxyl groups excluding tert-OH is 1. The summed E-state index contributed by atoms with van der Waals surface area (Å²) in [6.45, 7) is 1.39. The van der Waals surface area contributed by atoms with E-state index in [-0.39, 0.29) is 30.9 Å². The van der Waals surface area contributed by atoms with Crippen LogP contribution in [0.5, 0.6) is 23.0 Å². The van der Waals surface area contributed by atoms with Crippen LogP contribution in [0.15, 0.2) is 36.4 Å². The fourth-order valence-electron chi connectivity index (χ4n) is 3.41. The van der Waals surface area contributed by atoms with Crippen LogP contribution in [0, 0.1) is 0 Å². The number of carbonyl (C=O) groups excluding carboxylic acids is 1. The van der Waals surface area contributed by atoms with Crippen LogP contribution in [-0.4, -0.2) is 43.6 Å². The molecule has 0 spiro atoms. The summed E-state index contributed by atoms with van der Waals surface area (Å²) >= 11 is 0. The molecule has 3 rings (SSSR count). The zero-order valence-electron chi connectivity index (χ0n) is 16.5. The number of aromatic hydroxyl groups is 1. The van der Waals surface area contributed by atoms with Gasteiger partial charge in [0.05, 0.1) is 26.7 Å². The first kappa shape index (κ1) is 20.5. The number of phenolic OH excluding ortho intramolecular Hbond substituents is 1. The van der Waals surface area contributed by atoms with E-state index >= 15 is 0 Å². The number of carbonyl (C=O) groups is 1. The molecule has 29 heavy (non-hydrogen) atoms. The first-order valence-corrected chi connectivity index (χ1v) is 9.14. The number of esters is 1. The van der Waals surface area contributed by atoms with Crippen molar-refractivity contribution in [3.05, 3.63) is 53.1 Å². The maximum atomic E-state index is 11.5. The van der Waals surface area contributed by atoms with Crippen LogP contribution in [-0.2, 0) is 9.53 Å². The number of fused-ring (bicyclic) bond motifs is 1. The Kier molecular flexibility index (Phi) is 6.29. The molecule has 0 unspecified atom stereocenters. The Balaban J connectivity index is 2.07. The smallest absolute Gasteiger partial charge is 0.302 e. The van der Waals surface area contributed by atoms with Gasteiger partial charge in [-0.3, -0.25) is 4.79 Å². The Hall–Kier alpha value is -3.19. The van der Waals surface area contributed by atoms with E-state index in [2.05, 4.69) is 0 Å². The fourth-order valence-corrected chi connectivity index (χ4v) is 3.41. The van der Waals surface area contributed by atoms with Crippen LogP contribution in [0.4, 0.5) is 0 Å². The average molecular weight is 400 g/mol. The third-order valence-corrected chi connectivity index (χ3v) is 4.75. The third kappa shape index (κ3) is 4.30. The van der Waals surface area contributed by atoms with E-state index in [4.69, 9.17) is 24.1 Å². The first-order chi connectivity index (χ1) is 14.0. The molecule has 1 aliphatic heterocycles. The van der Waals surface area contributed by atoms with Crippen LogP contribution >= 0.6 is 0 Å². The largest absolute Gasteiger partial charge is 0.504 e. The second kappa shape index (κ2) is 8.87. The van der Waals surface area contributed by atoms with Crippen molar-refractivity contribution in [1.29, 1.82) is 0 Å². The highest BCUT2D eigenvalue weighted by Gasteiger charge is 2.39. The quantitative estimate of drug-likeness (QED) is 0.689. The molecule has 0 fully saturated rings. The van der Waals surface area contributed by atoms with Gasteiger partial charge >= 0.3 is 5.97 Å². The van der Waals surface area contributed by atoms with Crippen LogP contribution in [0.2, 0.25) is 0 Å². The number of rotatable bonds is 7. The van der Waals surface area contributed by atoms with Gasteiger partial charge in [0, 0.05) is 12.5 Å². The standard InChI is InChI=1S/C22H24O7/c1-13(24)28-12-17-16-9-14(5-4-8-23)10-20(27-3)22(16)29-21(17)15-6-7-18(25)19(11-15)26-2/h4-7,9-11,17,21,23,25H,8,12H2,1-3H3/b5-4+/t17-,21+/m0/s1. The third-order valence-electron chi connectivity index (χ3n) is 4.75. The SMILES string of the molecule is COc1cc([C@H]2Oc3c(OC)cc(/C=C/CO)cc3[C@@H]2COC(C)=O)ccc1O. The van der Waals surface area contributed by atoms with Crippen molar-refractivity contribution in [3.8, 4) is 23.0 Å². The van der Waals surface area contributed by atoms with Gasteiger partial charge in [-0.15, -0.1) is 0 Å². The van der Waals surface area contributed by atoms with Crippen LogP contribution in [0.1, 0.15) is 35.6 Å². The summed E-state index contributed by atoms with van der Waals surface area (Å²) < 4.78 is 22.3. The second-order valence-electron chi connectivity index (χ2n) is 6.61. The number of hydrogen-bond acceptors (Lipinski definition) is 7. The summed E-state index contributed by atoms with van der Waals surface area (Å²) in [6, 6.07) is 8.72. The number of hydrogen-bond donors (Lipinski definition) is 2. The molecule has 7 nitrogen and oxygen atoms in total. The fraction of sp³-hybridized carbons (Fsp3) is 0.318. The summed E-state index contributed by atoms with van der Waals surface area (Å²) in [4.78, 5) is 11.5. The van der Waals surface area contributed by atoms with E-state index in [1.54, 1.807) is 31.4 Å². The molecular formula is C22H24O7. The minimum atomic E-state index is -0.468. The van der Waals surface area contributed by atoms with E-state index in [9.17, 15) is 9.90 Å². The topological polar surface area (TPSA) is 94.5 Å². The van der Waals surface area contributed by atoms with Gasteiger partial charge in [0.15, 0.2) is 23.0 Å². The van der Waals surface area contributed by atoms with E-state index in [0.717, 1.165) is 16.7 Å². The minimum absolute atomic E-state index is 0.0253. The Labute approximate surface area is 169 Å². The van der Waals surface area contributed by atoms with Gasteiger partial charge in [-0.05, 0) is 35.4 Å². The number of methoxy groups -OCH3 is 2. The van der Waals surface area contributed by atoms with Gasteiger partial charge in [0.2, 0.25) is 0 Å². The zero-order valence-corrected chi connectivity index (χ0v) is 16.5. The normalized spacial score (nSPS) is 17.7. The maximum Gasteiger partial charge on any atom is 0.302 e. The highest BCUT2D eigenvalue weighted by molar-refractivity contribution is 5.66. The van der Waals surface area contributed by atoms with Crippen molar-refractivity contribution >= 4 is 12.0 Å². The van der Waals surface area contributed by atoms with E-state index in [1.807, 2.05) is 12.1 Å². The van der Waals surface area contributed by atoms with Crippen molar-refractivity contribution in [2.75, 3.05) is 27.4 Å². The molecular weight excluding hydrogens is 376 g/mol. The highest BCUT2D eigenvalue weighted by Crippen LogP contribution is 2.51. The van der Waals surface area contributed by atoms with Gasteiger partial charge in [-0.25, -0.2) is 0 Å². The number of benzene rings is 2. The molecule has 0 bridgehead atoms. The minimum Gasteiger partial charge on any atom is -0.504 e. The molecule has 0 saturated carbocycles. The molecule has 0 radical (unpaired) electrons. The molecule has 1 heterocycles. The maximum absolute atomic E-state index is 11.5. The lowest BCUT2D eigenvalue weighted by Gasteiger charge is -2.20. The molecule has 2 N–H and O–H groups in total. The molecule has 2 aromatic rings. The zero-order chi connectivity index (χ0) is 21.0. The lowest BCUT2D eigenvalue weighted by molar-refractivity contribution is -0.141. The van der Waals surface area contributed by atoms with Crippen molar-refractivity contribution in [2.24, 2.45) is 0 Å². The van der Waals surface area contributed by atoms with Crippen LogP contribution in [0.3, 0.4) is 0 Å². The van der Waals surface area contributed by atoms with E-state index < -0.39 is 6.10 Å². The summed E-state index contributed by atoms with van der Waals surface area (Å²) in [6.07, 6.45) is 2.94.